The van der Waals surface area contributed by atoms with E-state index in [0.717, 1.165) is 39.0 Å². The number of fused-ring (bicyclic) bond motifs is 1. The van der Waals surface area contributed by atoms with Gasteiger partial charge in [-0.3, -0.25) is 4.79 Å². The summed E-state index contributed by atoms with van der Waals surface area (Å²) in [6.07, 6.45) is 9.17. The van der Waals surface area contributed by atoms with Crippen molar-refractivity contribution in [2.24, 2.45) is 5.92 Å². The van der Waals surface area contributed by atoms with E-state index in [2.05, 4.69) is 52.2 Å². The normalized spacial score (nSPS) is 20.4. The second-order valence-corrected chi connectivity index (χ2v) is 7.96. The molecule has 1 amide bonds. The fraction of sp³-hybridized carbons (Fsp3) is 0.591. The fourth-order valence-corrected chi connectivity index (χ4v) is 4.22. The second kappa shape index (κ2) is 7.83. The molecule has 1 saturated heterocycles. The summed E-state index contributed by atoms with van der Waals surface area (Å²) >= 11 is 0. The van der Waals surface area contributed by atoms with Crippen molar-refractivity contribution < 1.29 is 4.79 Å². The van der Waals surface area contributed by atoms with Gasteiger partial charge in [0.05, 0.1) is 5.92 Å². The summed E-state index contributed by atoms with van der Waals surface area (Å²) in [5.41, 5.74) is 2.61. The van der Waals surface area contributed by atoms with Crippen LogP contribution in [-0.4, -0.2) is 34.5 Å². The molecule has 2 aliphatic rings. The highest BCUT2D eigenvalue weighted by Gasteiger charge is 2.36. The van der Waals surface area contributed by atoms with Crippen LogP contribution in [0.4, 0.5) is 0 Å². The SMILES string of the molecule is CCCCn1cc(CN(C(=O)C2CCCNC2)C2CC2)c2ccccc21. The lowest BCUT2D eigenvalue weighted by atomic mass is 9.97. The fourth-order valence-electron chi connectivity index (χ4n) is 4.22. The predicted octanol–water partition coefficient (Wildman–Crippen LogP) is 3.93. The van der Waals surface area contributed by atoms with Crippen molar-refractivity contribution in [1.82, 2.24) is 14.8 Å². The molecule has 4 heteroatoms. The molecule has 0 spiro atoms. The van der Waals surface area contributed by atoms with Crippen LogP contribution in [0.15, 0.2) is 30.5 Å². The largest absolute Gasteiger partial charge is 0.347 e. The van der Waals surface area contributed by atoms with Crippen molar-refractivity contribution >= 4 is 16.8 Å². The molecule has 0 bridgehead atoms. The Balaban J connectivity index is 1.58. The molecular formula is C22H31N3O. The third-order valence-electron chi connectivity index (χ3n) is 5.88. The van der Waals surface area contributed by atoms with E-state index < -0.39 is 0 Å². The molecule has 2 heterocycles. The topological polar surface area (TPSA) is 37.3 Å². The molecule has 0 radical (unpaired) electrons. The Bertz CT molecular complexity index is 756. The Hall–Kier alpha value is -1.81. The zero-order valence-corrected chi connectivity index (χ0v) is 15.9. The van der Waals surface area contributed by atoms with E-state index >= 15 is 0 Å². The summed E-state index contributed by atoms with van der Waals surface area (Å²) in [6, 6.07) is 9.12. The molecule has 1 saturated carbocycles. The van der Waals surface area contributed by atoms with Crippen LogP contribution in [0.5, 0.6) is 0 Å². The van der Waals surface area contributed by atoms with Crippen LogP contribution in [0.1, 0.15) is 51.0 Å². The maximum absolute atomic E-state index is 13.2. The van der Waals surface area contributed by atoms with Crippen molar-refractivity contribution in [3.05, 3.63) is 36.0 Å². The van der Waals surface area contributed by atoms with E-state index in [9.17, 15) is 4.79 Å². The molecule has 1 N–H and O–H groups in total. The van der Waals surface area contributed by atoms with Crippen molar-refractivity contribution in [3.8, 4) is 0 Å². The van der Waals surface area contributed by atoms with Gasteiger partial charge in [-0.25, -0.2) is 0 Å². The van der Waals surface area contributed by atoms with Gasteiger partial charge >= 0.3 is 0 Å². The molecule has 1 aliphatic heterocycles. The summed E-state index contributed by atoms with van der Waals surface area (Å²) in [4.78, 5) is 15.4. The van der Waals surface area contributed by atoms with Crippen LogP contribution in [-0.2, 0) is 17.9 Å². The summed E-state index contributed by atoms with van der Waals surface area (Å²) in [5.74, 6) is 0.530. The summed E-state index contributed by atoms with van der Waals surface area (Å²) in [5, 5.41) is 4.71. The molecule has 140 valence electrons. The minimum absolute atomic E-state index is 0.165. The molecule has 4 nitrogen and oxygen atoms in total. The third-order valence-corrected chi connectivity index (χ3v) is 5.88. The lowest BCUT2D eigenvalue weighted by Gasteiger charge is -2.29. The van der Waals surface area contributed by atoms with E-state index in [0.29, 0.717) is 11.9 Å². The van der Waals surface area contributed by atoms with Crippen molar-refractivity contribution in [1.29, 1.82) is 0 Å². The lowest BCUT2D eigenvalue weighted by molar-refractivity contribution is -0.137. The smallest absolute Gasteiger partial charge is 0.227 e. The average molecular weight is 354 g/mol. The number of benzene rings is 1. The number of aromatic nitrogens is 1. The highest BCUT2D eigenvalue weighted by molar-refractivity contribution is 5.85. The van der Waals surface area contributed by atoms with E-state index in [1.807, 2.05) is 0 Å². The molecule has 1 aliphatic carbocycles. The predicted molar refractivity (Wildman–Crippen MR) is 106 cm³/mol. The molecule has 1 unspecified atom stereocenters. The van der Waals surface area contributed by atoms with Crippen LogP contribution < -0.4 is 5.32 Å². The molecule has 2 fully saturated rings. The number of piperidine rings is 1. The van der Waals surface area contributed by atoms with E-state index in [1.54, 1.807) is 0 Å². The number of rotatable bonds is 7. The molecule has 1 aromatic carbocycles. The Morgan fingerprint density at radius 1 is 1.27 bits per heavy atom. The minimum Gasteiger partial charge on any atom is -0.347 e. The third kappa shape index (κ3) is 3.66. The standard InChI is InChI=1S/C22H31N3O/c1-2-3-13-24-15-18(20-8-4-5-9-21(20)24)16-25(19-10-11-19)22(26)17-7-6-12-23-14-17/h4-5,8-9,15,17,19,23H,2-3,6-7,10-14,16H2,1H3. The molecule has 1 atom stereocenters. The minimum atomic E-state index is 0.165. The molecule has 1 aromatic heterocycles. The first-order valence-electron chi connectivity index (χ1n) is 10.4. The second-order valence-electron chi connectivity index (χ2n) is 7.96. The van der Waals surface area contributed by atoms with E-state index in [-0.39, 0.29) is 5.92 Å². The van der Waals surface area contributed by atoms with Gasteiger partial charge in [0, 0.05) is 42.8 Å². The van der Waals surface area contributed by atoms with Gasteiger partial charge in [0.15, 0.2) is 0 Å². The summed E-state index contributed by atoms with van der Waals surface area (Å²) < 4.78 is 2.38. The monoisotopic (exact) mass is 353 g/mol. The quantitative estimate of drug-likeness (QED) is 0.819. The first-order chi connectivity index (χ1) is 12.8. The van der Waals surface area contributed by atoms with Gasteiger partial charge in [0.1, 0.15) is 0 Å². The number of hydrogen-bond donors (Lipinski definition) is 1. The zero-order valence-electron chi connectivity index (χ0n) is 15.9. The Labute approximate surface area is 156 Å². The van der Waals surface area contributed by atoms with Gasteiger partial charge in [0.25, 0.3) is 0 Å². The van der Waals surface area contributed by atoms with Crippen LogP contribution in [0.25, 0.3) is 10.9 Å². The number of carbonyl (C=O) groups excluding carboxylic acids is 1. The highest BCUT2D eigenvalue weighted by atomic mass is 16.2. The van der Waals surface area contributed by atoms with Gasteiger partial charge in [-0.15, -0.1) is 0 Å². The number of nitrogens with zero attached hydrogens (tertiary/aromatic N) is 2. The van der Waals surface area contributed by atoms with Gasteiger partial charge < -0.3 is 14.8 Å². The summed E-state index contributed by atoms with van der Waals surface area (Å²) in [7, 11) is 0. The number of para-hydroxylation sites is 1. The maximum Gasteiger partial charge on any atom is 0.227 e. The molecule has 26 heavy (non-hydrogen) atoms. The molecule has 4 rings (SSSR count). The first kappa shape index (κ1) is 17.6. The van der Waals surface area contributed by atoms with Crippen molar-refractivity contribution in [2.45, 2.75) is 64.6 Å². The number of aryl methyl sites for hydroxylation is 1. The Kier molecular flexibility index (Phi) is 5.30. The number of carbonyl (C=O) groups is 1. The van der Waals surface area contributed by atoms with Gasteiger partial charge in [0.2, 0.25) is 5.91 Å². The number of nitrogens with one attached hydrogen (secondary N) is 1. The number of hydrogen-bond acceptors (Lipinski definition) is 2. The Morgan fingerprint density at radius 2 is 2.12 bits per heavy atom. The first-order valence-corrected chi connectivity index (χ1v) is 10.4. The van der Waals surface area contributed by atoms with Crippen LogP contribution >= 0.6 is 0 Å². The maximum atomic E-state index is 13.2. The van der Waals surface area contributed by atoms with Gasteiger partial charge in [-0.05, 0) is 50.3 Å². The van der Waals surface area contributed by atoms with Crippen LogP contribution in [0.2, 0.25) is 0 Å². The lowest BCUT2D eigenvalue weighted by Crippen LogP contribution is -2.43. The summed E-state index contributed by atoms with van der Waals surface area (Å²) in [6.45, 7) is 5.96. The van der Waals surface area contributed by atoms with Crippen molar-refractivity contribution in [2.75, 3.05) is 13.1 Å². The van der Waals surface area contributed by atoms with Crippen LogP contribution in [0.3, 0.4) is 0 Å². The van der Waals surface area contributed by atoms with Gasteiger partial charge in [-0.2, -0.15) is 0 Å². The van der Waals surface area contributed by atoms with Crippen molar-refractivity contribution in [3.63, 3.8) is 0 Å². The molecule has 2 aromatic rings. The number of unbranched alkanes of at least 4 members (excludes halogenated alkanes) is 1. The highest BCUT2D eigenvalue weighted by Crippen LogP contribution is 2.32. The van der Waals surface area contributed by atoms with E-state index in [1.165, 1.54) is 42.1 Å². The zero-order chi connectivity index (χ0) is 17.9. The van der Waals surface area contributed by atoms with Crippen LogP contribution in [0, 0.1) is 5.92 Å². The molecular weight excluding hydrogens is 322 g/mol. The average Bonchev–Trinajstić information content (AvgIpc) is 3.47. The number of amides is 1. The van der Waals surface area contributed by atoms with E-state index in [4.69, 9.17) is 0 Å². The Morgan fingerprint density at radius 3 is 2.85 bits per heavy atom. The van der Waals surface area contributed by atoms with Gasteiger partial charge in [-0.1, -0.05) is 31.5 Å².